The van der Waals surface area contributed by atoms with Crippen LogP contribution in [0.25, 0.3) is 0 Å². The average molecular weight is 459 g/mol. The van der Waals surface area contributed by atoms with Gasteiger partial charge in [-0.1, -0.05) is 83.6 Å². The maximum absolute atomic E-state index is 9.30. The molecule has 0 saturated heterocycles. The molecule has 0 radical (unpaired) electrons. The van der Waals surface area contributed by atoms with Gasteiger partial charge in [-0.15, -0.1) is 0 Å². The normalized spacial score (nSPS) is 14.0. The molecule has 0 fully saturated rings. The van der Waals surface area contributed by atoms with Gasteiger partial charge in [0, 0.05) is 11.0 Å². The molecule has 176 valence electrons. The SMILES string of the molecule is C.CC(C)SC(C)C(C)C.CCC(O)C(O)CSC(C)C.CCCSC(C)C. The Balaban J connectivity index is -0.000000155. The molecule has 0 aliphatic rings. The fraction of sp³-hybridized carbons (Fsp3) is 1.00. The molecule has 0 aromatic heterocycles. The Morgan fingerprint density at radius 1 is 0.679 bits per heavy atom. The Morgan fingerprint density at radius 2 is 1.14 bits per heavy atom. The van der Waals surface area contributed by atoms with Gasteiger partial charge in [-0.25, -0.2) is 0 Å². The highest BCUT2D eigenvalue weighted by Gasteiger charge is 2.14. The lowest BCUT2D eigenvalue weighted by Gasteiger charge is -2.16. The lowest BCUT2D eigenvalue weighted by atomic mass is 10.2. The molecule has 0 aromatic carbocycles. The molecule has 0 spiro atoms. The highest BCUT2D eigenvalue weighted by atomic mass is 32.2. The molecule has 0 aromatic rings. The van der Waals surface area contributed by atoms with Crippen LogP contribution in [0.2, 0.25) is 0 Å². The van der Waals surface area contributed by atoms with Crippen molar-refractivity contribution in [2.75, 3.05) is 11.5 Å². The van der Waals surface area contributed by atoms with Crippen LogP contribution in [0.4, 0.5) is 0 Å². The van der Waals surface area contributed by atoms with Gasteiger partial charge in [0.05, 0.1) is 12.2 Å². The van der Waals surface area contributed by atoms with E-state index in [-0.39, 0.29) is 7.43 Å². The van der Waals surface area contributed by atoms with Crippen molar-refractivity contribution in [1.29, 1.82) is 0 Å². The molecule has 5 heteroatoms. The van der Waals surface area contributed by atoms with Crippen LogP contribution in [0.3, 0.4) is 0 Å². The van der Waals surface area contributed by atoms with E-state index in [0.29, 0.717) is 17.4 Å². The molecule has 0 rings (SSSR count). The zero-order chi connectivity index (χ0) is 22.0. The van der Waals surface area contributed by atoms with Crippen LogP contribution in [0, 0.1) is 5.92 Å². The summed E-state index contributed by atoms with van der Waals surface area (Å²) in [5.74, 6) is 2.77. The summed E-state index contributed by atoms with van der Waals surface area (Å²) in [5.41, 5.74) is 0. The molecular formula is C23H54O2S3. The van der Waals surface area contributed by atoms with Crippen LogP contribution in [0.1, 0.15) is 96.4 Å². The van der Waals surface area contributed by atoms with Gasteiger partial charge in [0.25, 0.3) is 0 Å². The number of hydrogen-bond donors (Lipinski definition) is 2. The first-order chi connectivity index (χ1) is 12.4. The molecule has 0 aliphatic carbocycles. The van der Waals surface area contributed by atoms with Gasteiger partial charge in [0.15, 0.2) is 0 Å². The summed E-state index contributed by atoms with van der Waals surface area (Å²) in [6.45, 7) is 24.1. The monoisotopic (exact) mass is 458 g/mol. The van der Waals surface area contributed by atoms with Crippen LogP contribution >= 0.6 is 35.3 Å². The predicted octanol–water partition coefficient (Wildman–Crippen LogP) is 7.61. The van der Waals surface area contributed by atoms with E-state index < -0.39 is 12.2 Å². The highest BCUT2D eigenvalue weighted by Crippen LogP contribution is 2.22. The van der Waals surface area contributed by atoms with E-state index in [2.05, 4.69) is 81.0 Å². The third kappa shape index (κ3) is 31.7. The lowest BCUT2D eigenvalue weighted by molar-refractivity contribution is 0.0323. The summed E-state index contributed by atoms with van der Waals surface area (Å²) in [7, 11) is 0. The van der Waals surface area contributed by atoms with E-state index in [1.54, 1.807) is 11.8 Å². The van der Waals surface area contributed by atoms with Crippen molar-refractivity contribution in [1.82, 2.24) is 0 Å². The summed E-state index contributed by atoms with van der Waals surface area (Å²) in [5, 5.41) is 21.4. The number of thioether (sulfide) groups is 3. The van der Waals surface area contributed by atoms with Crippen LogP contribution in [0.15, 0.2) is 0 Å². The fourth-order valence-electron chi connectivity index (χ4n) is 1.61. The van der Waals surface area contributed by atoms with Gasteiger partial charge in [-0.2, -0.15) is 35.3 Å². The van der Waals surface area contributed by atoms with Gasteiger partial charge < -0.3 is 10.2 Å². The average Bonchev–Trinajstić information content (AvgIpc) is 2.57. The molecule has 3 unspecified atom stereocenters. The number of aliphatic hydroxyl groups is 2. The molecule has 0 bridgehead atoms. The summed E-state index contributed by atoms with van der Waals surface area (Å²) < 4.78 is 0. The van der Waals surface area contributed by atoms with Crippen molar-refractivity contribution in [2.45, 2.75) is 130 Å². The molecule has 3 atom stereocenters. The van der Waals surface area contributed by atoms with Crippen molar-refractivity contribution in [3.05, 3.63) is 0 Å². The highest BCUT2D eigenvalue weighted by molar-refractivity contribution is 8.00. The van der Waals surface area contributed by atoms with Crippen LogP contribution < -0.4 is 0 Å². The second-order valence-electron chi connectivity index (χ2n) is 7.98. The topological polar surface area (TPSA) is 40.5 Å². The summed E-state index contributed by atoms with van der Waals surface area (Å²) in [6, 6.07) is 0. The number of aliphatic hydroxyl groups excluding tert-OH is 2. The smallest absolute Gasteiger partial charge is 0.0889 e. The Kier molecular flexibility index (Phi) is 31.5. The summed E-state index contributed by atoms with van der Waals surface area (Å²) in [6.07, 6.45) is 0.816. The van der Waals surface area contributed by atoms with Crippen molar-refractivity contribution < 1.29 is 10.2 Å². The van der Waals surface area contributed by atoms with Crippen LogP contribution in [0.5, 0.6) is 0 Å². The maximum Gasteiger partial charge on any atom is 0.0889 e. The number of rotatable bonds is 11. The van der Waals surface area contributed by atoms with Crippen molar-refractivity contribution in [3.63, 3.8) is 0 Å². The zero-order valence-electron chi connectivity index (χ0n) is 20.0. The first-order valence-corrected chi connectivity index (χ1v) is 13.7. The number of hydrogen-bond acceptors (Lipinski definition) is 5. The second kappa shape index (κ2) is 24.2. The quantitative estimate of drug-likeness (QED) is 0.333. The van der Waals surface area contributed by atoms with Gasteiger partial charge in [0.1, 0.15) is 0 Å². The van der Waals surface area contributed by atoms with E-state index in [9.17, 15) is 10.2 Å². The van der Waals surface area contributed by atoms with Gasteiger partial charge in [-0.05, 0) is 40.3 Å². The van der Waals surface area contributed by atoms with Gasteiger partial charge >= 0.3 is 0 Å². The fourth-order valence-corrected chi connectivity index (χ4v) is 4.30. The van der Waals surface area contributed by atoms with Crippen LogP contribution in [-0.2, 0) is 0 Å². The molecule has 0 saturated carbocycles. The van der Waals surface area contributed by atoms with E-state index in [4.69, 9.17) is 0 Å². The van der Waals surface area contributed by atoms with E-state index in [1.807, 2.05) is 18.7 Å². The van der Waals surface area contributed by atoms with E-state index in [1.165, 1.54) is 12.2 Å². The summed E-state index contributed by atoms with van der Waals surface area (Å²) in [4.78, 5) is 0. The summed E-state index contributed by atoms with van der Waals surface area (Å²) >= 11 is 5.77. The van der Waals surface area contributed by atoms with Gasteiger partial charge in [0.2, 0.25) is 0 Å². The Labute approximate surface area is 192 Å². The molecule has 0 aliphatic heterocycles. The zero-order valence-corrected chi connectivity index (χ0v) is 22.4. The molecular weight excluding hydrogens is 404 g/mol. The van der Waals surface area contributed by atoms with E-state index in [0.717, 1.165) is 21.7 Å². The first-order valence-electron chi connectivity index (χ1n) is 10.6. The molecule has 2 N–H and O–H groups in total. The van der Waals surface area contributed by atoms with E-state index >= 15 is 0 Å². The molecule has 2 nitrogen and oxygen atoms in total. The third-order valence-electron chi connectivity index (χ3n) is 3.54. The third-order valence-corrected chi connectivity index (χ3v) is 7.57. The van der Waals surface area contributed by atoms with Crippen LogP contribution in [-0.4, -0.2) is 54.9 Å². The standard InChI is InChI=1S/C8H18O2S.C8H18S.C6H14S.CH4/c1-4-7(9)8(10)5-11-6(2)3;1-6(2)8(5)9-7(3)4;1-4-5-7-6(2)3;/h6-10H,4-5H2,1-3H3;6-8H,1-5H3;6H,4-5H2,1-3H3;1H4. The lowest BCUT2D eigenvalue weighted by Crippen LogP contribution is -2.27. The Bertz CT molecular complexity index is 285. The second-order valence-corrected chi connectivity index (χ2v) is 13.2. The Morgan fingerprint density at radius 3 is 1.36 bits per heavy atom. The molecule has 0 amide bonds. The van der Waals surface area contributed by atoms with Gasteiger partial charge in [-0.3, -0.25) is 0 Å². The van der Waals surface area contributed by atoms with Crippen molar-refractivity contribution in [2.24, 2.45) is 5.92 Å². The predicted molar refractivity (Wildman–Crippen MR) is 142 cm³/mol. The maximum atomic E-state index is 9.30. The first kappa shape index (κ1) is 36.3. The molecule has 0 heterocycles. The van der Waals surface area contributed by atoms with Crippen molar-refractivity contribution >= 4 is 35.3 Å². The minimum atomic E-state index is -0.563. The van der Waals surface area contributed by atoms with Crippen molar-refractivity contribution in [3.8, 4) is 0 Å². The Hall–Kier alpha value is 0.970. The largest absolute Gasteiger partial charge is 0.390 e. The molecule has 28 heavy (non-hydrogen) atoms. The minimum absolute atomic E-state index is 0. The minimum Gasteiger partial charge on any atom is -0.390 e.